The lowest BCUT2D eigenvalue weighted by Gasteiger charge is -2.09. The van der Waals surface area contributed by atoms with Crippen LogP contribution in [0.4, 0.5) is 11.8 Å². The number of nitrogens with zero attached hydrogens (tertiary/aromatic N) is 2. The molecule has 9 heteroatoms. The van der Waals surface area contributed by atoms with Crippen LogP contribution in [0, 0.1) is 0 Å². The highest BCUT2D eigenvalue weighted by Gasteiger charge is 2.09. The van der Waals surface area contributed by atoms with Crippen LogP contribution < -0.4 is 15.4 Å². The largest absolute Gasteiger partial charge is 0.368 e. The van der Waals surface area contributed by atoms with Gasteiger partial charge in [-0.3, -0.25) is 0 Å². The average molecular weight is 308 g/mol. The van der Waals surface area contributed by atoms with E-state index in [1.54, 1.807) is 6.92 Å². The molecule has 7 nitrogen and oxygen atoms in total. The SMILES string of the molecule is CCNc1ncc(Cl)c(NCCS(=O)(=O)NCC)n1. The van der Waals surface area contributed by atoms with Gasteiger partial charge in [0.25, 0.3) is 0 Å². The van der Waals surface area contributed by atoms with Crippen molar-refractivity contribution in [1.82, 2.24) is 14.7 Å². The molecular formula is C10H18ClN5O2S. The van der Waals surface area contributed by atoms with Gasteiger partial charge in [0, 0.05) is 19.6 Å². The summed E-state index contributed by atoms with van der Waals surface area (Å²) >= 11 is 5.93. The summed E-state index contributed by atoms with van der Waals surface area (Å²) in [5.74, 6) is 0.820. The molecule has 1 heterocycles. The van der Waals surface area contributed by atoms with Crippen LogP contribution in [0.1, 0.15) is 13.8 Å². The standard InChI is InChI=1S/C10H18ClN5O2S/c1-3-12-10-14-7-8(11)9(16-10)13-5-6-19(17,18)15-4-2/h7,15H,3-6H2,1-2H3,(H2,12,13,14,16). The predicted octanol–water partition coefficient (Wildman–Crippen LogP) is 0.913. The molecule has 0 unspecified atom stereocenters. The highest BCUT2D eigenvalue weighted by atomic mass is 35.5. The Morgan fingerprint density at radius 2 is 2.00 bits per heavy atom. The lowest BCUT2D eigenvalue weighted by molar-refractivity contribution is 0.584. The molecule has 0 fully saturated rings. The van der Waals surface area contributed by atoms with Gasteiger partial charge >= 0.3 is 0 Å². The Hall–Kier alpha value is -1.12. The highest BCUT2D eigenvalue weighted by molar-refractivity contribution is 7.89. The summed E-state index contributed by atoms with van der Waals surface area (Å²) in [5, 5.41) is 6.18. The van der Waals surface area contributed by atoms with Crippen molar-refractivity contribution < 1.29 is 8.42 Å². The molecule has 1 aromatic rings. The number of nitrogens with one attached hydrogen (secondary N) is 3. The molecule has 0 aliphatic heterocycles. The van der Waals surface area contributed by atoms with Gasteiger partial charge in [0.1, 0.15) is 5.02 Å². The maximum atomic E-state index is 11.4. The second-order valence-corrected chi connectivity index (χ2v) is 6.00. The van der Waals surface area contributed by atoms with Crippen molar-refractivity contribution in [3.05, 3.63) is 11.2 Å². The second kappa shape index (κ2) is 7.46. The molecule has 0 saturated heterocycles. The van der Waals surface area contributed by atoms with E-state index in [1.807, 2.05) is 6.92 Å². The molecule has 0 spiro atoms. The van der Waals surface area contributed by atoms with E-state index in [1.165, 1.54) is 6.20 Å². The Morgan fingerprint density at radius 1 is 1.26 bits per heavy atom. The quantitative estimate of drug-likeness (QED) is 0.661. The lowest BCUT2D eigenvalue weighted by Crippen LogP contribution is -2.29. The first-order chi connectivity index (χ1) is 8.98. The number of halogens is 1. The van der Waals surface area contributed by atoms with E-state index in [0.29, 0.717) is 29.9 Å². The van der Waals surface area contributed by atoms with Gasteiger partial charge in [-0.2, -0.15) is 4.98 Å². The monoisotopic (exact) mass is 307 g/mol. The van der Waals surface area contributed by atoms with Crippen molar-refractivity contribution in [2.24, 2.45) is 0 Å². The van der Waals surface area contributed by atoms with Crippen LogP contribution in [0.2, 0.25) is 5.02 Å². The number of hydrogen-bond donors (Lipinski definition) is 3. The third kappa shape index (κ3) is 5.58. The van der Waals surface area contributed by atoms with Gasteiger partial charge in [-0.1, -0.05) is 18.5 Å². The average Bonchev–Trinajstić information content (AvgIpc) is 2.33. The van der Waals surface area contributed by atoms with E-state index in [9.17, 15) is 8.42 Å². The van der Waals surface area contributed by atoms with Gasteiger partial charge in [-0.05, 0) is 6.92 Å². The van der Waals surface area contributed by atoms with Crippen molar-refractivity contribution in [2.75, 3.05) is 36.0 Å². The van der Waals surface area contributed by atoms with Gasteiger partial charge in [-0.15, -0.1) is 0 Å². The van der Waals surface area contributed by atoms with E-state index in [4.69, 9.17) is 11.6 Å². The van der Waals surface area contributed by atoms with E-state index < -0.39 is 10.0 Å². The first-order valence-corrected chi connectivity index (χ1v) is 7.99. The summed E-state index contributed by atoms with van der Waals surface area (Å²) in [6.07, 6.45) is 1.47. The zero-order chi connectivity index (χ0) is 14.3. The molecule has 3 N–H and O–H groups in total. The van der Waals surface area contributed by atoms with Crippen molar-refractivity contribution in [2.45, 2.75) is 13.8 Å². The van der Waals surface area contributed by atoms with Gasteiger partial charge in [0.05, 0.1) is 11.9 Å². The first-order valence-electron chi connectivity index (χ1n) is 5.96. The minimum absolute atomic E-state index is 0.0439. The third-order valence-electron chi connectivity index (χ3n) is 2.11. The fourth-order valence-corrected chi connectivity index (χ4v) is 2.44. The smallest absolute Gasteiger partial charge is 0.224 e. The van der Waals surface area contributed by atoms with Crippen LogP contribution in [0.3, 0.4) is 0 Å². The zero-order valence-corrected chi connectivity index (χ0v) is 12.5. The van der Waals surface area contributed by atoms with Crippen molar-refractivity contribution in [3.63, 3.8) is 0 Å². The molecule has 0 bridgehead atoms. The zero-order valence-electron chi connectivity index (χ0n) is 10.9. The summed E-state index contributed by atoms with van der Waals surface area (Å²) in [6, 6.07) is 0. The van der Waals surface area contributed by atoms with Crippen molar-refractivity contribution in [3.8, 4) is 0 Å². The summed E-state index contributed by atoms with van der Waals surface area (Å²) in [7, 11) is -3.25. The second-order valence-electron chi connectivity index (χ2n) is 3.66. The summed E-state index contributed by atoms with van der Waals surface area (Å²) in [5.41, 5.74) is 0. The normalized spacial score (nSPS) is 11.3. The number of anilines is 2. The molecule has 1 rings (SSSR count). The molecule has 0 saturated carbocycles. The first kappa shape index (κ1) is 15.9. The fraction of sp³-hybridized carbons (Fsp3) is 0.600. The van der Waals surface area contributed by atoms with E-state index in [0.717, 1.165) is 0 Å². The minimum atomic E-state index is -3.25. The van der Waals surface area contributed by atoms with Crippen molar-refractivity contribution >= 4 is 33.4 Å². The van der Waals surface area contributed by atoms with Crippen LogP contribution in [0.25, 0.3) is 0 Å². The summed E-state index contributed by atoms with van der Waals surface area (Å²) in [4.78, 5) is 8.14. The lowest BCUT2D eigenvalue weighted by atomic mass is 10.5. The van der Waals surface area contributed by atoms with E-state index in [2.05, 4.69) is 25.3 Å². The number of rotatable bonds is 8. The predicted molar refractivity (Wildman–Crippen MR) is 77.2 cm³/mol. The highest BCUT2D eigenvalue weighted by Crippen LogP contribution is 2.18. The van der Waals surface area contributed by atoms with Gasteiger partial charge < -0.3 is 10.6 Å². The molecule has 19 heavy (non-hydrogen) atoms. The number of aromatic nitrogens is 2. The molecular weight excluding hydrogens is 290 g/mol. The molecule has 0 radical (unpaired) electrons. The van der Waals surface area contributed by atoms with Crippen molar-refractivity contribution in [1.29, 1.82) is 0 Å². The summed E-state index contributed by atoms with van der Waals surface area (Å²) in [6.45, 7) is 4.94. The van der Waals surface area contributed by atoms with Crippen LogP contribution in [0.5, 0.6) is 0 Å². The van der Waals surface area contributed by atoms with Crippen LogP contribution in [-0.4, -0.2) is 43.8 Å². The van der Waals surface area contributed by atoms with Gasteiger partial charge in [0.2, 0.25) is 16.0 Å². The Morgan fingerprint density at radius 3 is 2.63 bits per heavy atom. The third-order valence-corrected chi connectivity index (χ3v) is 3.85. The minimum Gasteiger partial charge on any atom is -0.368 e. The van der Waals surface area contributed by atoms with E-state index >= 15 is 0 Å². The molecule has 0 aliphatic rings. The molecule has 108 valence electrons. The fourth-order valence-electron chi connectivity index (χ4n) is 1.33. The number of hydrogen-bond acceptors (Lipinski definition) is 6. The Bertz CT molecular complexity index is 509. The summed E-state index contributed by atoms with van der Waals surface area (Å²) < 4.78 is 25.3. The molecule has 0 aromatic carbocycles. The van der Waals surface area contributed by atoms with Crippen LogP contribution >= 0.6 is 11.6 Å². The molecule has 0 aliphatic carbocycles. The molecule has 0 amide bonds. The Kier molecular flexibility index (Phi) is 6.26. The van der Waals surface area contributed by atoms with E-state index in [-0.39, 0.29) is 12.3 Å². The molecule has 0 atom stereocenters. The van der Waals surface area contributed by atoms with Crippen LogP contribution in [-0.2, 0) is 10.0 Å². The Labute approximate surface area is 118 Å². The van der Waals surface area contributed by atoms with Gasteiger partial charge in [-0.25, -0.2) is 18.1 Å². The maximum absolute atomic E-state index is 11.4. The topological polar surface area (TPSA) is 96.0 Å². The maximum Gasteiger partial charge on any atom is 0.224 e. The Balaban J connectivity index is 2.60. The molecule has 1 aromatic heterocycles. The number of sulfonamides is 1. The van der Waals surface area contributed by atoms with Crippen LogP contribution in [0.15, 0.2) is 6.20 Å². The van der Waals surface area contributed by atoms with Gasteiger partial charge in [0.15, 0.2) is 5.82 Å².